The summed E-state index contributed by atoms with van der Waals surface area (Å²) in [6.07, 6.45) is 4.59. The topological polar surface area (TPSA) is 0 Å². The summed E-state index contributed by atoms with van der Waals surface area (Å²) in [5.74, 6) is 0. The molecule has 0 nitrogen and oxygen atoms in total. The molecule has 0 spiro atoms. The number of hydrogen-bond donors (Lipinski definition) is 0. The van der Waals surface area contributed by atoms with E-state index >= 15 is 0 Å². The number of hydrogen-bond acceptors (Lipinski definition) is 1. The second-order valence-electron chi connectivity index (χ2n) is 3.07. The van der Waals surface area contributed by atoms with Gasteiger partial charge in [-0.25, -0.2) is 4.39 Å². The van der Waals surface area contributed by atoms with Crippen LogP contribution in [0.3, 0.4) is 0 Å². The Bertz CT molecular complexity index is 113. The molecule has 0 aromatic heterocycles. The van der Waals surface area contributed by atoms with Crippen molar-refractivity contribution in [2.45, 2.75) is 29.7 Å². The van der Waals surface area contributed by atoms with Crippen molar-refractivity contribution in [2.24, 2.45) is 0 Å². The van der Waals surface area contributed by atoms with Crippen molar-refractivity contribution in [3.8, 4) is 0 Å². The van der Waals surface area contributed by atoms with Crippen LogP contribution in [0.15, 0.2) is 0 Å². The van der Waals surface area contributed by atoms with Gasteiger partial charge in [0, 0.05) is 4.75 Å². The minimum atomic E-state index is -0.691. The predicted octanol–water partition coefficient (Wildman–Crippen LogP) is 1.99. The SMILES string of the molecule is CSC12CC(F)(C1)C2. The minimum Gasteiger partial charge on any atom is -0.244 e. The molecule has 0 radical (unpaired) electrons. The lowest BCUT2D eigenvalue weighted by molar-refractivity contribution is -0.101. The van der Waals surface area contributed by atoms with Crippen LogP contribution in [0.25, 0.3) is 0 Å². The fraction of sp³-hybridized carbons (Fsp3) is 1.00. The summed E-state index contributed by atoms with van der Waals surface area (Å²) in [6.45, 7) is 0. The van der Waals surface area contributed by atoms with Gasteiger partial charge in [0.1, 0.15) is 5.67 Å². The van der Waals surface area contributed by atoms with E-state index in [-0.39, 0.29) is 0 Å². The van der Waals surface area contributed by atoms with E-state index in [1.165, 1.54) is 0 Å². The normalized spacial score (nSPS) is 59.2. The third kappa shape index (κ3) is 0.387. The maximum Gasteiger partial charge on any atom is 0.115 e. The van der Waals surface area contributed by atoms with Gasteiger partial charge in [-0.2, -0.15) is 11.8 Å². The Hall–Kier alpha value is 0.280. The van der Waals surface area contributed by atoms with Crippen molar-refractivity contribution in [3.63, 3.8) is 0 Å². The third-order valence-corrected chi connectivity index (χ3v) is 3.65. The van der Waals surface area contributed by atoms with Crippen LogP contribution in [0, 0.1) is 0 Å². The van der Waals surface area contributed by atoms with E-state index in [4.69, 9.17) is 0 Å². The molecule has 0 aliphatic heterocycles. The van der Waals surface area contributed by atoms with E-state index in [1.807, 2.05) is 11.8 Å². The lowest BCUT2D eigenvalue weighted by Crippen LogP contribution is -2.67. The molecular weight excluding hydrogens is 123 g/mol. The van der Waals surface area contributed by atoms with Crippen molar-refractivity contribution < 1.29 is 4.39 Å². The summed E-state index contributed by atoms with van der Waals surface area (Å²) in [7, 11) is 0. The smallest absolute Gasteiger partial charge is 0.115 e. The van der Waals surface area contributed by atoms with Crippen LogP contribution in [0.4, 0.5) is 4.39 Å². The van der Waals surface area contributed by atoms with Gasteiger partial charge in [0.05, 0.1) is 0 Å². The molecule has 3 fully saturated rings. The molecule has 0 N–H and O–H groups in total. The van der Waals surface area contributed by atoms with Gasteiger partial charge in [0.15, 0.2) is 0 Å². The summed E-state index contributed by atoms with van der Waals surface area (Å²) in [4.78, 5) is 0. The maximum atomic E-state index is 12.7. The molecule has 0 amide bonds. The second kappa shape index (κ2) is 1.08. The van der Waals surface area contributed by atoms with Crippen molar-refractivity contribution >= 4 is 11.8 Å². The summed E-state index contributed by atoms with van der Waals surface area (Å²) in [5.41, 5.74) is -0.691. The highest BCUT2D eigenvalue weighted by atomic mass is 32.2. The van der Waals surface area contributed by atoms with Gasteiger partial charge in [-0.3, -0.25) is 0 Å². The van der Waals surface area contributed by atoms with E-state index in [9.17, 15) is 4.39 Å². The standard InChI is InChI=1S/C6H9FS/c1-8-6-2-5(7,3-6)4-6/h2-4H2,1H3. The highest BCUT2D eigenvalue weighted by Gasteiger charge is 2.68. The zero-order chi connectivity index (χ0) is 5.83. The Kier molecular flexibility index (Phi) is 0.690. The molecule has 0 unspecified atom stereocenters. The van der Waals surface area contributed by atoms with Gasteiger partial charge >= 0.3 is 0 Å². The van der Waals surface area contributed by atoms with Gasteiger partial charge in [-0.05, 0) is 25.5 Å². The van der Waals surface area contributed by atoms with E-state index < -0.39 is 5.67 Å². The van der Waals surface area contributed by atoms with Crippen molar-refractivity contribution in [1.82, 2.24) is 0 Å². The third-order valence-electron chi connectivity index (χ3n) is 2.35. The van der Waals surface area contributed by atoms with Crippen LogP contribution < -0.4 is 0 Å². The number of rotatable bonds is 1. The number of halogens is 1. The molecule has 46 valence electrons. The molecule has 3 aliphatic rings. The van der Waals surface area contributed by atoms with Crippen molar-refractivity contribution in [1.29, 1.82) is 0 Å². The van der Waals surface area contributed by atoms with Crippen LogP contribution in [-0.2, 0) is 0 Å². The number of alkyl halides is 1. The van der Waals surface area contributed by atoms with Gasteiger partial charge in [0.25, 0.3) is 0 Å². The molecule has 0 heterocycles. The van der Waals surface area contributed by atoms with Crippen molar-refractivity contribution in [2.75, 3.05) is 6.26 Å². The molecule has 0 aromatic carbocycles. The molecule has 2 bridgehead atoms. The molecule has 0 saturated heterocycles. The Morgan fingerprint density at radius 2 is 1.88 bits per heavy atom. The van der Waals surface area contributed by atoms with Gasteiger partial charge in [-0.1, -0.05) is 0 Å². The van der Waals surface area contributed by atoms with Crippen LogP contribution >= 0.6 is 11.8 Å². The first-order valence-electron chi connectivity index (χ1n) is 2.92. The molecule has 3 aliphatic carbocycles. The lowest BCUT2D eigenvalue weighted by atomic mass is 9.52. The van der Waals surface area contributed by atoms with Crippen LogP contribution in [0.2, 0.25) is 0 Å². The Morgan fingerprint density at radius 1 is 1.38 bits per heavy atom. The molecule has 2 heteroatoms. The summed E-state index contributed by atoms with van der Waals surface area (Å²) in [6, 6.07) is 0. The van der Waals surface area contributed by atoms with Gasteiger partial charge in [0.2, 0.25) is 0 Å². The van der Waals surface area contributed by atoms with Crippen LogP contribution in [0.5, 0.6) is 0 Å². The average molecular weight is 132 g/mol. The maximum absolute atomic E-state index is 12.7. The molecule has 0 aromatic rings. The first-order chi connectivity index (χ1) is 3.68. The first kappa shape index (κ1) is 5.10. The Morgan fingerprint density at radius 3 is 2.00 bits per heavy atom. The zero-order valence-corrected chi connectivity index (χ0v) is 5.72. The van der Waals surface area contributed by atoms with E-state index in [1.54, 1.807) is 0 Å². The Labute approximate surface area is 52.8 Å². The van der Waals surface area contributed by atoms with E-state index in [0.29, 0.717) is 4.75 Å². The summed E-state index contributed by atoms with van der Waals surface area (Å²) >= 11 is 1.84. The average Bonchev–Trinajstić information content (AvgIpc) is 1.55. The van der Waals surface area contributed by atoms with E-state index in [2.05, 4.69) is 6.26 Å². The summed E-state index contributed by atoms with van der Waals surface area (Å²) < 4.78 is 13.1. The first-order valence-corrected chi connectivity index (χ1v) is 4.15. The van der Waals surface area contributed by atoms with Gasteiger partial charge < -0.3 is 0 Å². The van der Waals surface area contributed by atoms with Crippen molar-refractivity contribution in [3.05, 3.63) is 0 Å². The lowest BCUT2D eigenvalue weighted by Gasteiger charge is -2.65. The predicted molar refractivity (Wildman–Crippen MR) is 33.9 cm³/mol. The number of thioether (sulfide) groups is 1. The fourth-order valence-electron chi connectivity index (χ4n) is 1.79. The highest BCUT2D eigenvalue weighted by molar-refractivity contribution is 8.00. The van der Waals surface area contributed by atoms with Crippen LogP contribution in [0.1, 0.15) is 19.3 Å². The molecule has 3 rings (SSSR count). The quantitative estimate of drug-likeness (QED) is 0.526. The summed E-state index contributed by atoms with van der Waals surface area (Å²) in [5, 5.41) is 0. The monoisotopic (exact) mass is 132 g/mol. The van der Waals surface area contributed by atoms with E-state index in [0.717, 1.165) is 19.3 Å². The fourth-order valence-corrected chi connectivity index (χ4v) is 3.00. The minimum absolute atomic E-state index is 0.411. The van der Waals surface area contributed by atoms with Gasteiger partial charge in [-0.15, -0.1) is 0 Å². The molecule has 0 atom stereocenters. The highest BCUT2D eigenvalue weighted by Crippen LogP contribution is 2.68. The zero-order valence-electron chi connectivity index (χ0n) is 4.91. The molecule has 8 heavy (non-hydrogen) atoms. The Balaban J connectivity index is 2.04. The largest absolute Gasteiger partial charge is 0.244 e. The molecule has 3 saturated carbocycles. The molecular formula is C6H9FS. The second-order valence-corrected chi connectivity index (χ2v) is 4.34. The van der Waals surface area contributed by atoms with Crippen LogP contribution in [-0.4, -0.2) is 16.7 Å².